The first-order valence-corrected chi connectivity index (χ1v) is 6.40. The topological polar surface area (TPSA) is 50.4 Å². The third kappa shape index (κ3) is 3.19. The summed E-state index contributed by atoms with van der Waals surface area (Å²) in [6.45, 7) is 3.70. The SMILES string of the molecule is CC1CCCC(C(=O)NC2CCOCC2)N1. The van der Waals surface area contributed by atoms with Gasteiger partial charge in [0.05, 0.1) is 6.04 Å². The summed E-state index contributed by atoms with van der Waals surface area (Å²) in [5.41, 5.74) is 0. The molecule has 4 nitrogen and oxygen atoms in total. The largest absolute Gasteiger partial charge is 0.381 e. The van der Waals surface area contributed by atoms with E-state index in [1.807, 2.05) is 0 Å². The monoisotopic (exact) mass is 226 g/mol. The highest BCUT2D eigenvalue weighted by Crippen LogP contribution is 2.13. The van der Waals surface area contributed by atoms with E-state index in [0.717, 1.165) is 38.9 Å². The molecule has 2 saturated heterocycles. The zero-order chi connectivity index (χ0) is 11.4. The normalized spacial score (nSPS) is 32.3. The summed E-state index contributed by atoms with van der Waals surface area (Å²) in [5.74, 6) is 0.179. The van der Waals surface area contributed by atoms with Gasteiger partial charge in [0.2, 0.25) is 5.91 Å². The number of ether oxygens (including phenoxy) is 1. The molecule has 2 fully saturated rings. The van der Waals surface area contributed by atoms with Crippen molar-refractivity contribution in [2.24, 2.45) is 0 Å². The average molecular weight is 226 g/mol. The van der Waals surface area contributed by atoms with Crippen LogP contribution >= 0.6 is 0 Å². The molecule has 2 aliphatic heterocycles. The summed E-state index contributed by atoms with van der Waals surface area (Å²) in [5, 5.41) is 6.49. The van der Waals surface area contributed by atoms with Gasteiger partial charge in [-0.25, -0.2) is 0 Å². The van der Waals surface area contributed by atoms with Gasteiger partial charge in [0.25, 0.3) is 0 Å². The lowest BCUT2D eigenvalue weighted by molar-refractivity contribution is -0.125. The highest BCUT2D eigenvalue weighted by atomic mass is 16.5. The maximum absolute atomic E-state index is 12.0. The van der Waals surface area contributed by atoms with Crippen LogP contribution in [0.15, 0.2) is 0 Å². The van der Waals surface area contributed by atoms with E-state index in [1.54, 1.807) is 0 Å². The van der Waals surface area contributed by atoms with Crippen molar-refractivity contribution in [1.29, 1.82) is 0 Å². The molecule has 1 amide bonds. The molecule has 0 aromatic carbocycles. The van der Waals surface area contributed by atoms with Gasteiger partial charge in [-0.1, -0.05) is 0 Å². The van der Waals surface area contributed by atoms with E-state index in [1.165, 1.54) is 6.42 Å². The van der Waals surface area contributed by atoms with Gasteiger partial charge in [0.1, 0.15) is 0 Å². The lowest BCUT2D eigenvalue weighted by atomic mass is 9.98. The zero-order valence-corrected chi connectivity index (χ0v) is 10.00. The van der Waals surface area contributed by atoms with Crippen molar-refractivity contribution in [2.45, 2.75) is 57.2 Å². The van der Waals surface area contributed by atoms with Crippen molar-refractivity contribution in [2.75, 3.05) is 13.2 Å². The summed E-state index contributed by atoms with van der Waals surface area (Å²) < 4.78 is 5.28. The smallest absolute Gasteiger partial charge is 0.237 e. The molecule has 2 atom stereocenters. The molecule has 0 saturated carbocycles. The summed E-state index contributed by atoms with van der Waals surface area (Å²) in [4.78, 5) is 12.0. The Bertz CT molecular complexity index is 239. The van der Waals surface area contributed by atoms with Crippen LogP contribution in [0.4, 0.5) is 0 Å². The molecule has 2 N–H and O–H groups in total. The van der Waals surface area contributed by atoms with Crippen LogP contribution in [0.1, 0.15) is 39.0 Å². The van der Waals surface area contributed by atoms with E-state index in [0.29, 0.717) is 12.1 Å². The lowest BCUT2D eigenvalue weighted by Crippen LogP contribution is -2.52. The van der Waals surface area contributed by atoms with E-state index in [2.05, 4.69) is 17.6 Å². The minimum absolute atomic E-state index is 0.0200. The molecule has 0 aliphatic carbocycles. The van der Waals surface area contributed by atoms with Gasteiger partial charge in [-0.05, 0) is 39.0 Å². The number of carbonyl (C=O) groups excluding carboxylic acids is 1. The van der Waals surface area contributed by atoms with Gasteiger partial charge >= 0.3 is 0 Å². The van der Waals surface area contributed by atoms with Gasteiger partial charge < -0.3 is 15.4 Å². The fourth-order valence-electron chi connectivity index (χ4n) is 2.49. The maximum Gasteiger partial charge on any atom is 0.237 e. The Morgan fingerprint density at radius 1 is 1.25 bits per heavy atom. The Morgan fingerprint density at radius 3 is 2.69 bits per heavy atom. The fourth-order valence-corrected chi connectivity index (χ4v) is 2.49. The highest BCUT2D eigenvalue weighted by Gasteiger charge is 2.26. The van der Waals surface area contributed by atoms with Crippen LogP contribution < -0.4 is 10.6 Å². The number of nitrogens with one attached hydrogen (secondary N) is 2. The van der Waals surface area contributed by atoms with E-state index >= 15 is 0 Å². The van der Waals surface area contributed by atoms with E-state index in [4.69, 9.17) is 4.74 Å². The molecule has 0 aromatic heterocycles. The van der Waals surface area contributed by atoms with Crippen LogP contribution in [0, 0.1) is 0 Å². The molecule has 92 valence electrons. The third-order valence-corrected chi connectivity index (χ3v) is 3.50. The molecular formula is C12H22N2O2. The Balaban J connectivity index is 1.77. The van der Waals surface area contributed by atoms with Crippen molar-refractivity contribution >= 4 is 5.91 Å². The van der Waals surface area contributed by atoms with Crippen LogP contribution in [0.5, 0.6) is 0 Å². The quantitative estimate of drug-likeness (QED) is 0.732. The number of carbonyl (C=O) groups is 1. The third-order valence-electron chi connectivity index (χ3n) is 3.50. The molecule has 0 radical (unpaired) electrons. The second kappa shape index (κ2) is 5.64. The highest BCUT2D eigenvalue weighted by molar-refractivity contribution is 5.82. The summed E-state index contributed by atoms with van der Waals surface area (Å²) in [6.07, 6.45) is 5.21. The van der Waals surface area contributed by atoms with Crippen LogP contribution in [-0.2, 0) is 9.53 Å². The van der Waals surface area contributed by atoms with Crippen molar-refractivity contribution in [3.63, 3.8) is 0 Å². The molecule has 4 heteroatoms. The fraction of sp³-hybridized carbons (Fsp3) is 0.917. The van der Waals surface area contributed by atoms with Gasteiger partial charge in [-0.3, -0.25) is 4.79 Å². The molecule has 0 aromatic rings. The number of rotatable bonds is 2. The standard InChI is InChI=1S/C12H22N2O2/c1-9-3-2-4-11(13-9)12(15)14-10-5-7-16-8-6-10/h9-11,13H,2-8H2,1H3,(H,14,15). The van der Waals surface area contributed by atoms with Gasteiger partial charge in [0, 0.05) is 25.3 Å². The zero-order valence-electron chi connectivity index (χ0n) is 10.00. The molecular weight excluding hydrogens is 204 g/mol. The first-order chi connectivity index (χ1) is 7.75. The molecule has 2 rings (SSSR count). The number of amides is 1. The van der Waals surface area contributed by atoms with Crippen LogP contribution in [0.25, 0.3) is 0 Å². The summed E-state index contributed by atoms with van der Waals surface area (Å²) >= 11 is 0. The predicted molar refractivity (Wildman–Crippen MR) is 62.2 cm³/mol. The average Bonchev–Trinajstić information content (AvgIpc) is 2.30. The second-order valence-corrected chi connectivity index (χ2v) is 4.95. The van der Waals surface area contributed by atoms with E-state index in [-0.39, 0.29) is 11.9 Å². The van der Waals surface area contributed by atoms with Crippen molar-refractivity contribution < 1.29 is 9.53 Å². The Morgan fingerprint density at radius 2 is 2.00 bits per heavy atom. The molecule has 0 bridgehead atoms. The van der Waals surface area contributed by atoms with E-state index < -0.39 is 0 Å². The molecule has 16 heavy (non-hydrogen) atoms. The predicted octanol–water partition coefficient (Wildman–Crippen LogP) is 0.812. The Kier molecular flexibility index (Phi) is 4.18. The Hall–Kier alpha value is -0.610. The maximum atomic E-state index is 12.0. The van der Waals surface area contributed by atoms with Crippen molar-refractivity contribution in [3.05, 3.63) is 0 Å². The van der Waals surface area contributed by atoms with E-state index in [9.17, 15) is 4.79 Å². The van der Waals surface area contributed by atoms with Crippen LogP contribution in [-0.4, -0.2) is 37.2 Å². The van der Waals surface area contributed by atoms with Gasteiger partial charge in [0.15, 0.2) is 0 Å². The van der Waals surface area contributed by atoms with Crippen LogP contribution in [0.3, 0.4) is 0 Å². The molecule has 2 unspecified atom stereocenters. The van der Waals surface area contributed by atoms with Gasteiger partial charge in [-0.15, -0.1) is 0 Å². The molecule has 0 spiro atoms. The van der Waals surface area contributed by atoms with Crippen LogP contribution in [0.2, 0.25) is 0 Å². The minimum Gasteiger partial charge on any atom is -0.381 e. The summed E-state index contributed by atoms with van der Waals surface area (Å²) in [6, 6.07) is 0.811. The van der Waals surface area contributed by atoms with Crippen molar-refractivity contribution in [3.8, 4) is 0 Å². The minimum atomic E-state index is 0.0200. The first-order valence-electron chi connectivity index (χ1n) is 6.40. The van der Waals surface area contributed by atoms with Gasteiger partial charge in [-0.2, -0.15) is 0 Å². The first kappa shape index (κ1) is 11.9. The second-order valence-electron chi connectivity index (χ2n) is 4.95. The van der Waals surface area contributed by atoms with Crippen molar-refractivity contribution in [1.82, 2.24) is 10.6 Å². The number of hydrogen-bond acceptors (Lipinski definition) is 3. The number of piperidine rings is 1. The lowest BCUT2D eigenvalue weighted by Gasteiger charge is -2.30. The molecule has 2 heterocycles. The molecule has 2 aliphatic rings. The number of hydrogen-bond donors (Lipinski definition) is 2. The Labute approximate surface area is 97.1 Å². The summed E-state index contributed by atoms with van der Waals surface area (Å²) in [7, 11) is 0.